The standard InChI is InChI=1S/C11H23N3O3/c1-8(15)9-3-5-14(6-4-9)10(7-17-2)11(16)13-12/h8-10,15H,3-7,12H2,1-2H3,(H,13,16). The van der Waals surface area contributed by atoms with Gasteiger partial charge in [-0.3, -0.25) is 15.1 Å². The zero-order valence-electron chi connectivity index (χ0n) is 10.6. The second-order valence-corrected chi connectivity index (χ2v) is 4.59. The normalized spacial score (nSPS) is 22.1. The number of nitrogens with two attached hydrogens (primary N) is 1. The number of nitrogens with one attached hydrogen (secondary N) is 1. The van der Waals surface area contributed by atoms with E-state index in [0.29, 0.717) is 12.5 Å². The van der Waals surface area contributed by atoms with Crippen molar-refractivity contribution in [1.82, 2.24) is 10.3 Å². The lowest BCUT2D eigenvalue weighted by Crippen LogP contribution is -2.54. The summed E-state index contributed by atoms with van der Waals surface area (Å²) in [6.45, 7) is 3.73. The number of likely N-dealkylation sites (tertiary alicyclic amines) is 1. The Morgan fingerprint density at radius 1 is 1.59 bits per heavy atom. The van der Waals surface area contributed by atoms with Crippen LogP contribution in [0.5, 0.6) is 0 Å². The first kappa shape index (κ1) is 14.4. The van der Waals surface area contributed by atoms with E-state index in [1.165, 1.54) is 0 Å². The van der Waals surface area contributed by atoms with Crippen LogP contribution >= 0.6 is 0 Å². The van der Waals surface area contributed by atoms with E-state index in [9.17, 15) is 9.90 Å². The summed E-state index contributed by atoms with van der Waals surface area (Å²) in [5.74, 6) is 5.27. The first-order valence-corrected chi connectivity index (χ1v) is 6.01. The lowest BCUT2D eigenvalue weighted by atomic mass is 9.91. The number of nitrogens with zero attached hydrogens (tertiary/aromatic N) is 1. The molecule has 1 fully saturated rings. The smallest absolute Gasteiger partial charge is 0.253 e. The minimum Gasteiger partial charge on any atom is -0.393 e. The van der Waals surface area contributed by atoms with Gasteiger partial charge in [0.1, 0.15) is 6.04 Å². The van der Waals surface area contributed by atoms with Crippen LogP contribution in [-0.2, 0) is 9.53 Å². The Hall–Kier alpha value is -0.690. The van der Waals surface area contributed by atoms with Gasteiger partial charge in [0, 0.05) is 7.11 Å². The molecule has 17 heavy (non-hydrogen) atoms. The number of carbonyl (C=O) groups excluding carboxylic acids is 1. The average molecular weight is 245 g/mol. The van der Waals surface area contributed by atoms with Gasteiger partial charge in [-0.15, -0.1) is 0 Å². The highest BCUT2D eigenvalue weighted by Gasteiger charge is 2.30. The number of piperidine rings is 1. The van der Waals surface area contributed by atoms with E-state index in [-0.39, 0.29) is 18.1 Å². The van der Waals surface area contributed by atoms with Crippen LogP contribution in [0.15, 0.2) is 0 Å². The fourth-order valence-electron chi connectivity index (χ4n) is 2.31. The van der Waals surface area contributed by atoms with Crippen molar-refractivity contribution < 1.29 is 14.6 Å². The number of amides is 1. The van der Waals surface area contributed by atoms with Crippen molar-refractivity contribution in [1.29, 1.82) is 0 Å². The molecule has 0 aromatic heterocycles. The summed E-state index contributed by atoms with van der Waals surface area (Å²) in [6, 6.07) is -0.333. The van der Waals surface area contributed by atoms with Gasteiger partial charge in [-0.2, -0.15) is 0 Å². The van der Waals surface area contributed by atoms with Gasteiger partial charge in [-0.1, -0.05) is 0 Å². The van der Waals surface area contributed by atoms with Crippen LogP contribution < -0.4 is 11.3 Å². The third-order valence-electron chi connectivity index (χ3n) is 3.47. The Bertz CT molecular complexity index is 240. The quantitative estimate of drug-likeness (QED) is 0.331. The first-order chi connectivity index (χ1) is 8.10. The lowest BCUT2D eigenvalue weighted by molar-refractivity contribution is -0.129. The number of rotatable bonds is 5. The van der Waals surface area contributed by atoms with Crippen LogP contribution in [0.4, 0.5) is 0 Å². The fraction of sp³-hybridized carbons (Fsp3) is 0.909. The third-order valence-corrected chi connectivity index (χ3v) is 3.47. The van der Waals surface area contributed by atoms with Crippen molar-refractivity contribution >= 4 is 5.91 Å². The summed E-state index contributed by atoms with van der Waals surface area (Å²) < 4.78 is 5.05. The summed E-state index contributed by atoms with van der Waals surface area (Å²) in [6.07, 6.45) is 1.52. The molecular formula is C11H23N3O3. The number of hydrogen-bond donors (Lipinski definition) is 3. The maximum Gasteiger partial charge on any atom is 0.253 e. The van der Waals surface area contributed by atoms with E-state index < -0.39 is 0 Å². The fourth-order valence-corrected chi connectivity index (χ4v) is 2.31. The molecule has 1 aliphatic rings. The van der Waals surface area contributed by atoms with Crippen LogP contribution in [0.1, 0.15) is 19.8 Å². The van der Waals surface area contributed by atoms with E-state index in [2.05, 4.69) is 10.3 Å². The molecule has 1 amide bonds. The highest BCUT2D eigenvalue weighted by molar-refractivity contribution is 5.81. The predicted molar refractivity (Wildman–Crippen MR) is 64.0 cm³/mol. The second kappa shape index (κ2) is 6.90. The monoisotopic (exact) mass is 245 g/mol. The number of methoxy groups -OCH3 is 1. The Morgan fingerprint density at radius 3 is 2.59 bits per heavy atom. The molecule has 0 radical (unpaired) electrons. The van der Waals surface area contributed by atoms with Gasteiger partial charge in [-0.25, -0.2) is 5.84 Å². The Morgan fingerprint density at radius 2 is 2.18 bits per heavy atom. The Balaban J connectivity index is 2.51. The predicted octanol–water partition coefficient (Wildman–Crippen LogP) is -0.916. The molecule has 100 valence electrons. The largest absolute Gasteiger partial charge is 0.393 e. The molecule has 1 rings (SSSR count). The topological polar surface area (TPSA) is 87.8 Å². The van der Waals surface area contributed by atoms with E-state index in [1.54, 1.807) is 7.11 Å². The van der Waals surface area contributed by atoms with E-state index in [1.807, 2.05) is 6.92 Å². The minimum atomic E-state index is -0.333. The van der Waals surface area contributed by atoms with Crippen molar-refractivity contribution in [2.75, 3.05) is 26.8 Å². The van der Waals surface area contributed by atoms with Gasteiger partial charge < -0.3 is 9.84 Å². The molecule has 6 heteroatoms. The van der Waals surface area contributed by atoms with Crippen molar-refractivity contribution in [3.05, 3.63) is 0 Å². The van der Waals surface area contributed by atoms with E-state index in [0.717, 1.165) is 25.9 Å². The molecule has 0 aliphatic carbocycles. The summed E-state index contributed by atoms with van der Waals surface area (Å²) in [5.41, 5.74) is 2.17. The van der Waals surface area contributed by atoms with Gasteiger partial charge in [0.25, 0.3) is 5.91 Å². The molecule has 0 spiro atoms. The van der Waals surface area contributed by atoms with Crippen LogP contribution in [-0.4, -0.2) is 54.9 Å². The Kier molecular flexibility index (Phi) is 5.84. The zero-order valence-corrected chi connectivity index (χ0v) is 10.6. The van der Waals surface area contributed by atoms with Crippen molar-refractivity contribution in [2.24, 2.45) is 11.8 Å². The maximum absolute atomic E-state index is 11.6. The highest BCUT2D eigenvalue weighted by Crippen LogP contribution is 2.22. The van der Waals surface area contributed by atoms with Crippen LogP contribution in [0.2, 0.25) is 0 Å². The van der Waals surface area contributed by atoms with E-state index in [4.69, 9.17) is 10.6 Å². The third kappa shape index (κ3) is 3.92. The summed E-state index contributed by atoms with van der Waals surface area (Å²) in [4.78, 5) is 13.7. The minimum absolute atomic E-state index is 0.220. The molecule has 6 nitrogen and oxygen atoms in total. The molecule has 0 aromatic carbocycles. The van der Waals surface area contributed by atoms with Gasteiger partial charge in [0.2, 0.25) is 0 Å². The number of aliphatic hydroxyl groups is 1. The summed E-state index contributed by atoms with van der Waals surface area (Å²) in [5, 5.41) is 9.52. The van der Waals surface area contributed by atoms with Crippen molar-refractivity contribution in [2.45, 2.75) is 31.9 Å². The number of carbonyl (C=O) groups is 1. The Labute approximate surface area is 102 Å². The molecule has 1 saturated heterocycles. The summed E-state index contributed by atoms with van der Waals surface area (Å²) in [7, 11) is 1.57. The van der Waals surface area contributed by atoms with Gasteiger partial charge in [0.15, 0.2) is 0 Å². The zero-order chi connectivity index (χ0) is 12.8. The lowest BCUT2D eigenvalue weighted by Gasteiger charge is -2.37. The summed E-state index contributed by atoms with van der Waals surface area (Å²) >= 11 is 0. The molecule has 2 unspecified atom stereocenters. The highest BCUT2D eigenvalue weighted by atomic mass is 16.5. The van der Waals surface area contributed by atoms with Crippen LogP contribution in [0.25, 0.3) is 0 Å². The van der Waals surface area contributed by atoms with Crippen molar-refractivity contribution in [3.8, 4) is 0 Å². The van der Waals surface area contributed by atoms with Gasteiger partial charge >= 0.3 is 0 Å². The molecule has 2 atom stereocenters. The van der Waals surface area contributed by atoms with Gasteiger partial charge in [0.05, 0.1) is 12.7 Å². The second-order valence-electron chi connectivity index (χ2n) is 4.59. The molecule has 0 saturated carbocycles. The van der Waals surface area contributed by atoms with Gasteiger partial charge in [-0.05, 0) is 38.8 Å². The molecule has 1 aliphatic heterocycles. The molecule has 4 N–H and O–H groups in total. The SMILES string of the molecule is COCC(C(=O)NN)N1CCC(C(C)O)CC1. The number of hydrogen-bond acceptors (Lipinski definition) is 5. The van der Waals surface area contributed by atoms with Crippen LogP contribution in [0, 0.1) is 5.92 Å². The number of aliphatic hydroxyl groups excluding tert-OH is 1. The number of ether oxygens (including phenoxy) is 1. The first-order valence-electron chi connectivity index (χ1n) is 6.01. The molecule has 0 bridgehead atoms. The van der Waals surface area contributed by atoms with E-state index >= 15 is 0 Å². The molecular weight excluding hydrogens is 222 g/mol. The average Bonchev–Trinajstić information content (AvgIpc) is 2.35. The molecule has 0 aromatic rings. The number of hydrazine groups is 1. The van der Waals surface area contributed by atoms with Crippen LogP contribution in [0.3, 0.4) is 0 Å². The maximum atomic E-state index is 11.6. The molecule has 1 heterocycles. The van der Waals surface area contributed by atoms with Crippen molar-refractivity contribution in [3.63, 3.8) is 0 Å².